The van der Waals surface area contributed by atoms with E-state index in [9.17, 15) is 4.79 Å². The fraction of sp³-hybridized carbons (Fsp3) is 0.500. The summed E-state index contributed by atoms with van der Waals surface area (Å²) in [6.07, 6.45) is 3.42. The van der Waals surface area contributed by atoms with Crippen LogP contribution in [0.3, 0.4) is 0 Å². The number of rotatable bonds is 6. The molecule has 0 saturated carbocycles. The summed E-state index contributed by atoms with van der Waals surface area (Å²) in [6.45, 7) is 5.02. The zero-order valence-electron chi connectivity index (χ0n) is 14.6. The lowest BCUT2D eigenvalue weighted by atomic mass is 9.98. The van der Waals surface area contributed by atoms with Crippen LogP contribution in [-0.4, -0.2) is 38.8 Å². The summed E-state index contributed by atoms with van der Waals surface area (Å²) in [5, 5.41) is 12.4. The van der Waals surface area contributed by atoms with Crippen molar-refractivity contribution in [3.8, 4) is 0 Å². The zero-order valence-corrected chi connectivity index (χ0v) is 16.3. The van der Waals surface area contributed by atoms with Crippen molar-refractivity contribution in [1.82, 2.24) is 15.1 Å². The third-order valence-corrected chi connectivity index (χ3v) is 6.49. The maximum absolute atomic E-state index is 12.6. The minimum absolute atomic E-state index is 0.207. The lowest BCUT2D eigenvalue weighted by Crippen LogP contribution is -2.48. The number of piperidine rings is 1. The minimum atomic E-state index is 0.207. The summed E-state index contributed by atoms with van der Waals surface area (Å²) in [4.78, 5) is 14.6. The van der Waals surface area contributed by atoms with Crippen molar-refractivity contribution in [1.29, 1.82) is 0 Å². The van der Waals surface area contributed by atoms with E-state index in [1.54, 1.807) is 0 Å². The largest absolute Gasteiger partial charge is 0.356 e. The predicted octanol–water partition coefficient (Wildman–Crippen LogP) is 4.03. The van der Waals surface area contributed by atoms with E-state index in [-0.39, 0.29) is 5.91 Å². The molecule has 1 aromatic heterocycles. The van der Waals surface area contributed by atoms with E-state index in [1.807, 2.05) is 23.1 Å². The third-order valence-electron chi connectivity index (χ3n) is 4.49. The lowest BCUT2D eigenvalue weighted by Gasteiger charge is -2.39. The van der Waals surface area contributed by atoms with Gasteiger partial charge in [0.05, 0.1) is 5.75 Å². The Bertz CT molecular complexity index is 681. The number of anilines is 1. The quantitative estimate of drug-likeness (QED) is 0.771. The van der Waals surface area contributed by atoms with Crippen LogP contribution in [0.1, 0.15) is 38.7 Å². The van der Waals surface area contributed by atoms with Gasteiger partial charge in [-0.15, -0.1) is 10.2 Å². The van der Waals surface area contributed by atoms with Gasteiger partial charge in [0, 0.05) is 18.6 Å². The van der Waals surface area contributed by atoms with Crippen molar-refractivity contribution in [2.75, 3.05) is 11.1 Å². The summed E-state index contributed by atoms with van der Waals surface area (Å²) in [6, 6.07) is 10.9. The van der Waals surface area contributed by atoms with Crippen molar-refractivity contribution in [3.05, 3.63) is 35.9 Å². The standard InChI is InChI=1S/C18H24N4OS2/c1-13-7-6-8-14(2)22(13)16(23)12-24-18-21-20-17(25-18)19-11-15-9-4-3-5-10-15/h3-5,9-10,13-14H,6-8,11-12H2,1-2H3,(H,19,20). The fourth-order valence-corrected chi connectivity index (χ4v) is 4.84. The molecule has 0 aliphatic carbocycles. The van der Waals surface area contributed by atoms with Crippen molar-refractivity contribution in [2.24, 2.45) is 0 Å². The van der Waals surface area contributed by atoms with Gasteiger partial charge in [-0.25, -0.2) is 0 Å². The van der Waals surface area contributed by atoms with Crippen molar-refractivity contribution >= 4 is 34.1 Å². The Hall–Kier alpha value is -1.60. The highest BCUT2D eigenvalue weighted by Crippen LogP contribution is 2.28. The molecular weight excluding hydrogens is 352 g/mol. The second-order valence-corrected chi connectivity index (χ2v) is 8.63. The van der Waals surface area contributed by atoms with E-state index in [0.717, 1.165) is 28.9 Å². The van der Waals surface area contributed by atoms with Gasteiger partial charge in [0.1, 0.15) is 0 Å². The molecule has 1 aliphatic rings. The number of carbonyl (C=O) groups is 1. The van der Waals surface area contributed by atoms with Gasteiger partial charge in [0.25, 0.3) is 0 Å². The molecular formula is C18H24N4OS2. The predicted molar refractivity (Wildman–Crippen MR) is 104 cm³/mol. The Morgan fingerprint density at radius 2 is 1.96 bits per heavy atom. The molecule has 2 heterocycles. The maximum atomic E-state index is 12.6. The molecule has 5 nitrogen and oxygen atoms in total. The van der Waals surface area contributed by atoms with Gasteiger partial charge >= 0.3 is 0 Å². The molecule has 3 rings (SSSR count). The second-order valence-electron chi connectivity index (χ2n) is 6.43. The van der Waals surface area contributed by atoms with E-state index < -0.39 is 0 Å². The van der Waals surface area contributed by atoms with E-state index in [2.05, 4.69) is 41.5 Å². The highest BCUT2D eigenvalue weighted by molar-refractivity contribution is 8.01. The molecule has 2 aromatic rings. The van der Waals surface area contributed by atoms with Gasteiger partial charge in [-0.3, -0.25) is 4.79 Å². The molecule has 1 aliphatic heterocycles. The monoisotopic (exact) mass is 376 g/mol. The first kappa shape index (κ1) is 18.2. The first-order valence-electron chi connectivity index (χ1n) is 8.68. The van der Waals surface area contributed by atoms with Gasteiger partial charge in [-0.05, 0) is 38.7 Å². The second kappa shape index (κ2) is 8.67. The SMILES string of the molecule is CC1CCCC(C)N1C(=O)CSc1nnc(NCc2ccccc2)s1. The van der Waals surface area contributed by atoms with Gasteiger partial charge in [0.2, 0.25) is 11.0 Å². The van der Waals surface area contributed by atoms with E-state index in [1.165, 1.54) is 35.1 Å². The summed E-state index contributed by atoms with van der Waals surface area (Å²) >= 11 is 2.98. The van der Waals surface area contributed by atoms with Crippen LogP contribution in [0.15, 0.2) is 34.7 Å². The molecule has 0 bridgehead atoms. The molecule has 25 heavy (non-hydrogen) atoms. The van der Waals surface area contributed by atoms with Crippen molar-refractivity contribution in [2.45, 2.75) is 56.1 Å². The number of benzene rings is 1. The molecule has 1 aromatic carbocycles. The molecule has 0 spiro atoms. The highest BCUT2D eigenvalue weighted by atomic mass is 32.2. The first-order valence-corrected chi connectivity index (χ1v) is 10.5. The number of amides is 1. The average Bonchev–Trinajstić information content (AvgIpc) is 3.07. The topological polar surface area (TPSA) is 58.1 Å². The van der Waals surface area contributed by atoms with Gasteiger partial charge in [-0.2, -0.15) is 0 Å². The van der Waals surface area contributed by atoms with Gasteiger partial charge < -0.3 is 10.2 Å². The summed E-state index contributed by atoms with van der Waals surface area (Å²) < 4.78 is 0.834. The molecule has 1 amide bonds. The molecule has 0 radical (unpaired) electrons. The Labute approximate surface area is 157 Å². The third kappa shape index (κ3) is 4.95. The molecule has 1 fully saturated rings. The van der Waals surface area contributed by atoms with Gasteiger partial charge in [0.15, 0.2) is 4.34 Å². The average molecular weight is 377 g/mol. The highest BCUT2D eigenvalue weighted by Gasteiger charge is 2.28. The van der Waals surface area contributed by atoms with Crippen LogP contribution in [0.5, 0.6) is 0 Å². The van der Waals surface area contributed by atoms with Gasteiger partial charge in [-0.1, -0.05) is 53.4 Å². The maximum Gasteiger partial charge on any atom is 0.233 e. The van der Waals surface area contributed by atoms with Crippen LogP contribution < -0.4 is 5.32 Å². The number of hydrogen-bond donors (Lipinski definition) is 1. The van der Waals surface area contributed by atoms with Crippen LogP contribution in [0.25, 0.3) is 0 Å². The molecule has 2 unspecified atom stereocenters. The van der Waals surface area contributed by atoms with E-state index >= 15 is 0 Å². The fourth-order valence-electron chi connectivity index (χ4n) is 3.22. The number of hydrogen-bond acceptors (Lipinski definition) is 6. The molecule has 7 heteroatoms. The Morgan fingerprint density at radius 3 is 2.68 bits per heavy atom. The number of nitrogens with zero attached hydrogens (tertiary/aromatic N) is 3. The number of likely N-dealkylation sites (tertiary alicyclic amines) is 1. The van der Waals surface area contributed by atoms with E-state index in [4.69, 9.17) is 0 Å². The van der Waals surface area contributed by atoms with Crippen molar-refractivity contribution < 1.29 is 4.79 Å². The summed E-state index contributed by atoms with van der Waals surface area (Å²) in [7, 11) is 0. The smallest absolute Gasteiger partial charge is 0.233 e. The summed E-state index contributed by atoms with van der Waals surface area (Å²) in [5.74, 6) is 0.640. The molecule has 134 valence electrons. The van der Waals surface area contributed by atoms with Crippen LogP contribution in [0, 0.1) is 0 Å². The van der Waals surface area contributed by atoms with Crippen LogP contribution in [0.4, 0.5) is 5.13 Å². The zero-order chi connectivity index (χ0) is 17.6. The number of carbonyl (C=O) groups excluding carboxylic acids is 1. The molecule has 1 N–H and O–H groups in total. The normalized spacial score (nSPS) is 20.5. The van der Waals surface area contributed by atoms with E-state index in [0.29, 0.717) is 17.8 Å². The summed E-state index contributed by atoms with van der Waals surface area (Å²) in [5.41, 5.74) is 1.20. The minimum Gasteiger partial charge on any atom is -0.356 e. The first-order chi connectivity index (χ1) is 12.1. The van der Waals surface area contributed by atoms with Crippen LogP contribution in [0.2, 0.25) is 0 Å². The number of nitrogens with one attached hydrogen (secondary N) is 1. The van der Waals surface area contributed by atoms with Crippen molar-refractivity contribution in [3.63, 3.8) is 0 Å². The number of aromatic nitrogens is 2. The Morgan fingerprint density at radius 1 is 1.24 bits per heavy atom. The molecule has 2 atom stereocenters. The Kier molecular flexibility index (Phi) is 6.31. The molecule has 1 saturated heterocycles. The Balaban J connectivity index is 1.49. The number of thioether (sulfide) groups is 1. The lowest BCUT2D eigenvalue weighted by molar-refractivity contribution is -0.134. The van der Waals surface area contributed by atoms with Crippen LogP contribution in [-0.2, 0) is 11.3 Å². The van der Waals surface area contributed by atoms with Crippen LogP contribution >= 0.6 is 23.1 Å².